The van der Waals surface area contributed by atoms with Crippen LogP contribution in [0.1, 0.15) is 78.5 Å². The molecule has 3 atom stereocenters. The highest BCUT2D eigenvalue weighted by atomic mass is 16.6. The highest BCUT2D eigenvalue weighted by Gasteiger charge is 2.37. The van der Waals surface area contributed by atoms with Crippen molar-refractivity contribution in [3.05, 3.63) is 35.4 Å². The van der Waals surface area contributed by atoms with E-state index in [1.807, 2.05) is 45.0 Å². The molecule has 0 aliphatic heterocycles. The van der Waals surface area contributed by atoms with Gasteiger partial charge < -0.3 is 20.3 Å². The molecule has 188 valence electrons. The number of nitrogens with one attached hydrogen (secondary N) is 2. The maximum atomic E-state index is 13.7. The molecule has 3 amide bonds. The lowest BCUT2D eigenvalue weighted by molar-refractivity contribution is -0.142. The summed E-state index contributed by atoms with van der Waals surface area (Å²) in [6.45, 7) is 14.3. The molecular formula is C26H40N4O4. The lowest BCUT2D eigenvalue weighted by Crippen LogP contribution is -2.55. The van der Waals surface area contributed by atoms with E-state index in [1.165, 1.54) is 4.90 Å². The number of rotatable bonds is 10. The van der Waals surface area contributed by atoms with E-state index in [2.05, 4.69) is 10.6 Å². The summed E-state index contributed by atoms with van der Waals surface area (Å²) in [5.41, 5.74) is 0.790. The Labute approximate surface area is 204 Å². The van der Waals surface area contributed by atoms with E-state index in [9.17, 15) is 19.6 Å². The van der Waals surface area contributed by atoms with Gasteiger partial charge >= 0.3 is 6.09 Å². The summed E-state index contributed by atoms with van der Waals surface area (Å²) < 4.78 is 5.33. The lowest BCUT2D eigenvalue weighted by Gasteiger charge is -2.34. The standard InChI is InChI=1S/C26H40N4O4/c1-9-11-19(5)28-23(31)22(20-13-10-12-18(4)16-20)30(15-14-27)24(32)21(17(2)3)29-25(33)34-26(6,7)8/h10,12-13,16-17,19,21-22H,9,11,15H2,1-8H3,(H,28,31)(H,29,33). The molecule has 8 nitrogen and oxygen atoms in total. The summed E-state index contributed by atoms with van der Waals surface area (Å²) in [6, 6.07) is 7.24. The zero-order valence-electron chi connectivity index (χ0n) is 21.8. The molecule has 0 spiro atoms. The molecule has 0 fully saturated rings. The Morgan fingerprint density at radius 2 is 1.79 bits per heavy atom. The van der Waals surface area contributed by atoms with E-state index in [-0.39, 0.29) is 24.4 Å². The molecule has 0 saturated carbocycles. The smallest absolute Gasteiger partial charge is 0.408 e. The Bertz CT molecular complexity index is 886. The van der Waals surface area contributed by atoms with Gasteiger partial charge in [-0.2, -0.15) is 5.26 Å². The molecule has 1 aromatic rings. The molecule has 3 unspecified atom stereocenters. The van der Waals surface area contributed by atoms with Gasteiger partial charge in [-0.15, -0.1) is 0 Å². The largest absolute Gasteiger partial charge is 0.444 e. The molecule has 0 bridgehead atoms. The van der Waals surface area contributed by atoms with Crippen molar-refractivity contribution < 1.29 is 19.1 Å². The molecule has 8 heteroatoms. The first-order valence-electron chi connectivity index (χ1n) is 11.8. The van der Waals surface area contributed by atoms with Crippen LogP contribution in [0.4, 0.5) is 4.79 Å². The molecule has 34 heavy (non-hydrogen) atoms. The Kier molecular flexibility index (Phi) is 11.0. The topological polar surface area (TPSA) is 112 Å². The predicted octanol–water partition coefficient (Wildman–Crippen LogP) is 4.24. The van der Waals surface area contributed by atoms with Crippen molar-refractivity contribution in [2.75, 3.05) is 6.54 Å². The van der Waals surface area contributed by atoms with Gasteiger partial charge in [0.05, 0.1) is 6.07 Å². The first kappa shape index (κ1) is 29.0. The second kappa shape index (κ2) is 13.0. The summed E-state index contributed by atoms with van der Waals surface area (Å²) in [6.07, 6.45) is 0.949. The second-order valence-electron chi connectivity index (χ2n) is 10.0. The molecule has 1 rings (SSSR count). The fourth-order valence-electron chi connectivity index (χ4n) is 3.64. The molecule has 0 aliphatic rings. The van der Waals surface area contributed by atoms with Crippen molar-refractivity contribution >= 4 is 17.9 Å². The SMILES string of the molecule is CCCC(C)NC(=O)C(c1cccc(C)c1)N(CC#N)C(=O)C(NC(=O)OC(C)(C)C)C(C)C. The summed E-state index contributed by atoms with van der Waals surface area (Å²) in [5.74, 6) is -1.19. The van der Waals surface area contributed by atoms with E-state index >= 15 is 0 Å². The number of hydrogen-bond donors (Lipinski definition) is 2. The van der Waals surface area contributed by atoms with E-state index in [1.54, 1.807) is 40.7 Å². The molecule has 0 saturated heterocycles. The van der Waals surface area contributed by atoms with Crippen LogP contribution >= 0.6 is 0 Å². The zero-order valence-corrected chi connectivity index (χ0v) is 21.8. The number of ether oxygens (including phenoxy) is 1. The number of benzene rings is 1. The van der Waals surface area contributed by atoms with Gasteiger partial charge in [-0.3, -0.25) is 9.59 Å². The minimum absolute atomic E-state index is 0.0929. The van der Waals surface area contributed by atoms with Gasteiger partial charge in [-0.1, -0.05) is 57.0 Å². The molecule has 0 heterocycles. The molecular weight excluding hydrogens is 432 g/mol. The van der Waals surface area contributed by atoms with Crippen LogP contribution in [-0.4, -0.2) is 47.0 Å². The fraction of sp³-hybridized carbons (Fsp3) is 0.615. The minimum atomic E-state index is -1.02. The van der Waals surface area contributed by atoms with Gasteiger partial charge in [0.1, 0.15) is 24.2 Å². The quantitative estimate of drug-likeness (QED) is 0.495. The van der Waals surface area contributed by atoms with Gasteiger partial charge in [-0.05, 0) is 52.5 Å². The van der Waals surface area contributed by atoms with Crippen LogP contribution in [0, 0.1) is 24.2 Å². The average Bonchev–Trinajstić information content (AvgIpc) is 2.70. The average molecular weight is 473 g/mol. The maximum Gasteiger partial charge on any atom is 0.408 e. The Hall–Kier alpha value is -3.08. The molecule has 0 radical (unpaired) electrons. The molecule has 0 aliphatic carbocycles. The first-order valence-corrected chi connectivity index (χ1v) is 11.8. The first-order chi connectivity index (χ1) is 15.8. The summed E-state index contributed by atoms with van der Waals surface area (Å²) in [7, 11) is 0. The summed E-state index contributed by atoms with van der Waals surface area (Å²) >= 11 is 0. The number of carbonyl (C=O) groups is 3. The third-order valence-corrected chi connectivity index (χ3v) is 5.16. The van der Waals surface area contributed by atoms with Gasteiger partial charge in [-0.25, -0.2) is 4.79 Å². The Balaban J connectivity index is 3.41. The van der Waals surface area contributed by atoms with E-state index in [0.717, 1.165) is 18.4 Å². The van der Waals surface area contributed by atoms with E-state index in [0.29, 0.717) is 5.56 Å². The number of amides is 3. The van der Waals surface area contributed by atoms with Crippen LogP contribution in [0.3, 0.4) is 0 Å². The number of hydrogen-bond acceptors (Lipinski definition) is 5. The normalized spacial score (nSPS) is 13.9. The lowest BCUT2D eigenvalue weighted by atomic mass is 9.97. The van der Waals surface area contributed by atoms with Crippen molar-refractivity contribution in [1.82, 2.24) is 15.5 Å². The minimum Gasteiger partial charge on any atom is -0.444 e. The number of carbonyl (C=O) groups excluding carboxylic acids is 3. The van der Waals surface area contributed by atoms with E-state index in [4.69, 9.17) is 4.74 Å². The van der Waals surface area contributed by atoms with Crippen molar-refractivity contribution in [2.24, 2.45) is 5.92 Å². The molecule has 2 N–H and O–H groups in total. The fourth-order valence-corrected chi connectivity index (χ4v) is 3.64. The van der Waals surface area contributed by atoms with Gasteiger partial charge in [0.2, 0.25) is 11.8 Å². The van der Waals surface area contributed by atoms with Crippen LogP contribution in [0.2, 0.25) is 0 Å². The maximum absolute atomic E-state index is 13.7. The predicted molar refractivity (Wildman–Crippen MR) is 132 cm³/mol. The number of aryl methyl sites for hydroxylation is 1. The Morgan fingerprint density at radius 3 is 2.29 bits per heavy atom. The zero-order chi connectivity index (χ0) is 26.1. The summed E-state index contributed by atoms with van der Waals surface area (Å²) in [4.78, 5) is 40.8. The Morgan fingerprint density at radius 1 is 1.15 bits per heavy atom. The second-order valence-corrected chi connectivity index (χ2v) is 10.0. The van der Waals surface area contributed by atoms with Crippen molar-refractivity contribution in [2.45, 2.75) is 92.0 Å². The van der Waals surface area contributed by atoms with Gasteiger partial charge in [0, 0.05) is 6.04 Å². The third kappa shape index (κ3) is 9.05. The highest BCUT2D eigenvalue weighted by molar-refractivity contribution is 5.92. The van der Waals surface area contributed by atoms with Crippen LogP contribution < -0.4 is 10.6 Å². The summed E-state index contributed by atoms with van der Waals surface area (Å²) in [5, 5.41) is 15.2. The van der Waals surface area contributed by atoms with Gasteiger partial charge in [0.25, 0.3) is 0 Å². The van der Waals surface area contributed by atoms with Crippen LogP contribution in [0.15, 0.2) is 24.3 Å². The van der Waals surface area contributed by atoms with Crippen LogP contribution in [0.5, 0.6) is 0 Å². The van der Waals surface area contributed by atoms with Crippen molar-refractivity contribution in [3.63, 3.8) is 0 Å². The molecule has 1 aromatic carbocycles. The third-order valence-electron chi connectivity index (χ3n) is 5.16. The highest BCUT2D eigenvalue weighted by Crippen LogP contribution is 2.25. The van der Waals surface area contributed by atoms with E-state index < -0.39 is 29.7 Å². The van der Waals surface area contributed by atoms with Crippen LogP contribution in [0.25, 0.3) is 0 Å². The van der Waals surface area contributed by atoms with Crippen molar-refractivity contribution in [1.29, 1.82) is 5.26 Å². The number of nitriles is 1. The van der Waals surface area contributed by atoms with Gasteiger partial charge in [0.15, 0.2) is 0 Å². The number of alkyl carbamates (subject to hydrolysis) is 1. The molecule has 0 aromatic heterocycles. The van der Waals surface area contributed by atoms with Crippen LogP contribution in [-0.2, 0) is 14.3 Å². The monoisotopic (exact) mass is 472 g/mol. The van der Waals surface area contributed by atoms with Crippen molar-refractivity contribution in [3.8, 4) is 6.07 Å². The number of nitrogens with zero attached hydrogens (tertiary/aromatic N) is 2.